The number of nitrogens with zero attached hydrogens (tertiary/aromatic N) is 1. The van der Waals surface area contributed by atoms with Crippen LogP contribution in [0.5, 0.6) is 0 Å². The maximum absolute atomic E-state index is 9.67. The number of hydrogen-bond donors (Lipinski definition) is 0. The molecule has 0 atom stereocenters. The first kappa shape index (κ1) is 30.7. The van der Waals surface area contributed by atoms with Gasteiger partial charge in [0.05, 0.1) is 5.48 Å². The summed E-state index contributed by atoms with van der Waals surface area (Å²) in [7, 11) is 0. The smallest absolute Gasteiger partial charge is 0.136 e. The molecule has 1 aliphatic rings. The number of furan rings is 1. The molecule has 0 aliphatic heterocycles. The minimum atomic E-state index is -0.193. The minimum absolute atomic E-state index is 0.123. The fourth-order valence-electron chi connectivity index (χ4n) is 9.11. The Morgan fingerprint density at radius 2 is 0.898 bits per heavy atom. The Kier molecular flexibility index (Phi) is 7.23. The van der Waals surface area contributed by atoms with Gasteiger partial charge in [-0.3, -0.25) is 0 Å². The quantitative estimate of drug-likeness (QED) is 0.161. The molecule has 0 saturated carbocycles. The number of hydrogen-bond acceptors (Lipinski definition) is 2. The van der Waals surface area contributed by atoms with Gasteiger partial charge in [0.2, 0.25) is 0 Å². The molecule has 2 nitrogen and oxygen atoms in total. The van der Waals surface area contributed by atoms with Crippen LogP contribution in [0.15, 0.2) is 217 Å². The van der Waals surface area contributed by atoms with Gasteiger partial charge in [0.15, 0.2) is 0 Å². The summed E-state index contributed by atoms with van der Waals surface area (Å²) in [6.07, 6.45) is 0. The monoisotopic (exact) mass is 759 g/mol. The van der Waals surface area contributed by atoms with Crippen LogP contribution >= 0.6 is 0 Å². The first-order valence-corrected chi connectivity index (χ1v) is 20.1. The van der Waals surface area contributed by atoms with Gasteiger partial charge in [-0.25, -0.2) is 0 Å². The van der Waals surface area contributed by atoms with Gasteiger partial charge in [-0.2, -0.15) is 0 Å². The normalized spacial score (nSPS) is 13.7. The van der Waals surface area contributed by atoms with Crippen molar-refractivity contribution in [1.29, 1.82) is 0 Å². The van der Waals surface area contributed by atoms with E-state index in [1.165, 1.54) is 22.3 Å². The molecule has 2 heteroatoms. The number of rotatable bonds is 7. The zero-order valence-corrected chi connectivity index (χ0v) is 32.8. The summed E-state index contributed by atoms with van der Waals surface area (Å²) < 4.78 is 44.6. The second-order valence-electron chi connectivity index (χ2n) is 15.8. The lowest BCUT2D eigenvalue weighted by Gasteiger charge is -2.27. The second kappa shape index (κ2) is 13.9. The lowest BCUT2D eigenvalue weighted by molar-refractivity contribution is 0.662. The minimum Gasteiger partial charge on any atom is -0.456 e. The van der Waals surface area contributed by atoms with E-state index in [1.54, 1.807) is 0 Å². The van der Waals surface area contributed by atoms with Crippen molar-refractivity contribution in [2.24, 2.45) is 0 Å². The molecule has 1 heterocycles. The Hall–Kier alpha value is -7.42. The number of para-hydroxylation sites is 1. The average molecular weight is 760 g/mol. The van der Waals surface area contributed by atoms with Gasteiger partial charge in [-0.1, -0.05) is 178 Å². The van der Waals surface area contributed by atoms with Crippen LogP contribution in [0.1, 0.15) is 30.5 Å². The third kappa shape index (κ3) is 5.87. The molecule has 0 amide bonds. The highest BCUT2D eigenvalue weighted by Gasteiger charge is 2.37. The molecule has 0 bridgehead atoms. The van der Waals surface area contributed by atoms with Crippen LogP contribution in [-0.4, -0.2) is 0 Å². The van der Waals surface area contributed by atoms with Gasteiger partial charge in [0, 0.05) is 33.2 Å². The molecule has 1 aliphatic carbocycles. The largest absolute Gasteiger partial charge is 0.456 e. The molecule has 0 unspecified atom stereocenters. The van der Waals surface area contributed by atoms with Crippen molar-refractivity contribution in [3.8, 4) is 55.6 Å². The van der Waals surface area contributed by atoms with Gasteiger partial charge >= 0.3 is 0 Å². The molecule has 10 aromatic rings. The van der Waals surface area contributed by atoms with Crippen LogP contribution in [0.2, 0.25) is 0 Å². The van der Waals surface area contributed by atoms with Crippen molar-refractivity contribution >= 4 is 39.0 Å². The lowest BCUT2D eigenvalue weighted by Crippen LogP contribution is -2.16. The third-order valence-corrected chi connectivity index (χ3v) is 12.0. The topological polar surface area (TPSA) is 16.4 Å². The highest BCUT2D eigenvalue weighted by atomic mass is 16.3. The number of benzene rings is 9. The summed E-state index contributed by atoms with van der Waals surface area (Å²) >= 11 is 0. The van der Waals surface area contributed by atoms with Gasteiger partial charge < -0.3 is 9.32 Å². The zero-order chi connectivity index (χ0) is 43.0. The predicted molar refractivity (Wildman–Crippen MR) is 248 cm³/mol. The molecular weight excluding hydrogens is 715 g/mol. The first-order valence-electron chi connectivity index (χ1n) is 22.1. The molecule has 1 aromatic heterocycles. The Labute approximate surface area is 350 Å². The fraction of sp³-hybridized carbons (Fsp3) is 0.0526. The van der Waals surface area contributed by atoms with E-state index in [-0.39, 0.29) is 40.8 Å². The standard InChI is InChI=1S/C57H41NO/c1-57(2)52-19-8-6-14-49(52)50-18-10-17-48(56(50)57)43-30-36-46(37-31-43)58(44-32-26-41(27-33-44)40-24-22-39(23-25-40)38-12-4-3-5-13-38)45-34-28-42(29-35-45)47-16-11-21-54-55(47)51-15-7-9-20-53(51)59-54/h3-37H,1-2H3/i28D,29D,34D,35D. The van der Waals surface area contributed by atoms with Crippen LogP contribution < -0.4 is 4.90 Å². The molecule has 0 radical (unpaired) electrons. The SMILES string of the molecule is [2H]c1c([2H])c(N(c2ccc(-c3ccc(-c4ccccc4)cc3)cc2)c2ccc(-c3cccc4c3C(C)(C)c3ccccc3-4)cc2)c([2H])c([2H])c1-c1cccc2oc3ccccc3c12. The van der Waals surface area contributed by atoms with Crippen LogP contribution in [0, 0.1) is 0 Å². The van der Waals surface area contributed by atoms with Gasteiger partial charge in [0.1, 0.15) is 11.2 Å². The molecule has 0 fully saturated rings. The second-order valence-corrected chi connectivity index (χ2v) is 15.8. The summed E-state index contributed by atoms with van der Waals surface area (Å²) in [5.74, 6) is 0. The van der Waals surface area contributed by atoms with Crippen LogP contribution in [0.4, 0.5) is 17.1 Å². The molecule has 59 heavy (non-hydrogen) atoms. The van der Waals surface area contributed by atoms with Crippen molar-refractivity contribution in [2.45, 2.75) is 19.3 Å². The van der Waals surface area contributed by atoms with Crippen molar-refractivity contribution in [2.75, 3.05) is 4.90 Å². The fourth-order valence-corrected chi connectivity index (χ4v) is 9.11. The number of fused-ring (bicyclic) bond motifs is 6. The molecule has 11 rings (SSSR count). The van der Waals surface area contributed by atoms with Crippen molar-refractivity contribution in [3.63, 3.8) is 0 Å². The maximum Gasteiger partial charge on any atom is 0.136 e. The summed E-state index contributed by atoms with van der Waals surface area (Å²) in [5, 5.41) is 1.62. The van der Waals surface area contributed by atoms with Gasteiger partial charge in [0.25, 0.3) is 0 Å². The number of anilines is 3. The highest BCUT2D eigenvalue weighted by Crippen LogP contribution is 2.52. The average Bonchev–Trinajstić information content (AvgIpc) is 3.83. The summed E-state index contributed by atoms with van der Waals surface area (Å²) in [6.45, 7) is 4.58. The molecular formula is C57H41NO. The lowest BCUT2D eigenvalue weighted by atomic mass is 9.79. The van der Waals surface area contributed by atoms with Crippen molar-refractivity contribution in [3.05, 3.63) is 223 Å². The molecule has 9 aromatic carbocycles. The van der Waals surface area contributed by atoms with E-state index in [4.69, 9.17) is 4.42 Å². The van der Waals surface area contributed by atoms with E-state index < -0.39 is 0 Å². The van der Waals surface area contributed by atoms with Crippen LogP contribution in [0.3, 0.4) is 0 Å². The summed E-state index contributed by atoms with van der Waals surface area (Å²) in [6, 6.07) is 63.1. The Balaban J connectivity index is 1.04. The van der Waals surface area contributed by atoms with Crippen LogP contribution in [-0.2, 0) is 5.41 Å². The molecule has 0 N–H and O–H groups in total. The Morgan fingerprint density at radius 3 is 1.61 bits per heavy atom. The van der Waals surface area contributed by atoms with E-state index in [2.05, 4.69) is 117 Å². The summed E-state index contributed by atoms with van der Waals surface area (Å²) in [4.78, 5) is 1.86. The molecule has 280 valence electrons. The maximum atomic E-state index is 9.67. The molecule has 0 saturated heterocycles. The van der Waals surface area contributed by atoms with E-state index in [9.17, 15) is 5.48 Å². The van der Waals surface area contributed by atoms with E-state index in [0.717, 1.165) is 44.2 Å². The van der Waals surface area contributed by atoms with E-state index in [1.807, 2.05) is 89.8 Å². The van der Waals surface area contributed by atoms with Crippen molar-refractivity contribution < 1.29 is 9.90 Å². The summed E-state index contributed by atoms with van der Waals surface area (Å²) in [5.41, 5.74) is 15.3. The van der Waals surface area contributed by atoms with Crippen LogP contribution in [0.25, 0.3) is 77.6 Å². The van der Waals surface area contributed by atoms with E-state index >= 15 is 0 Å². The van der Waals surface area contributed by atoms with Crippen molar-refractivity contribution in [1.82, 2.24) is 0 Å². The Morgan fingerprint density at radius 1 is 0.390 bits per heavy atom. The molecule has 0 spiro atoms. The Bertz CT molecular complexity index is 3360. The first-order chi connectivity index (χ1) is 30.7. The van der Waals surface area contributed by atoms with E-state index in [0.29, 0.717) is 28.1 Å². The van der Waals surface area contributed by atoms with Gasteiger partial charge in [-0.05, 0) is 115 Å². The van der Waals surface area contributed by atoms with Gasteiger partial charge in [-0.15, -0.1) is 0 Å². The predicted octanol–water partition coefficient (Wildman–Crippen LogP) is 16.0. The zero-order valence-electron chi connectivity index (χ0n) is 36.8. The third-order valence-electron chi connectivity index (χ3n) is 12.0. The highest BCUT2D eigenvalue weighted by molar-refractivity contribution is 6.12.